The van der Waals surface area contributed by atoms with Gasteiger partial charge in [-0.15, -0.1) is 10.2 Å². The first-order valence-electron chi connectivity index (χ1n) is 8.56. The van der Waals surface area contributed by atoms with Gasteiger partial charge in [-0.1, -0.05) is 35.5 Å². The van der Waals surface area contributed by atoms with E-state index in [-0.39, 0.29) is 0 Å². The number of nitrogens with zero attached hydrogens (tertiary/aromatic N) is 3. The fourth-order valence-corrected chi connectivity index (χ4v) is 3.39. The van der Waals surface area contributed by atoms with Gasteiger partial charge in [-0.25, -0.2) is 4.79 Å². The molecule has 0 aliphatic heterocycles. The minimum Gasteiger partial charge on any atom is -0.467 e. The average molecular weight is 400 g/mol. The number of amides is 2. The number of carbonyl (C=O) groups is 2. The van der Waals surface area contributed by atoms with Crippen LogP contribution in [0, 0.1) is 6.92 Å². The molecule has 0 saturated carbocycles. The van der Waals surface area contributed by atoms with Crippen LogP contribution in [0.2, 0.25) is 0 Å². The predicted octanol–water partition coefficient (Wildman–Crippen LogP) is 3.26. The largest absolute Gasteiger partial charge is 0.467 e. The van der Waals surface area contributed by atoms with Crippen molar-refractivity contribution in [3.63, 3.8) is 0 Å². The topological polar surface area (TPSA) is 99.2 Å². The molecule has 0 aliphatic rings. The van der Waals surface area contributed by atoms with Crippen molar-refractivity contribution in [1.82, 2.24) is 20.1 Å². The zero-order valence-corrected chi connectivity index (χ0v) is 16.5. The summed E-state index contributed by atoms with van der Waals surface area (Å²) < 4.78 is 11.8. The van der Waals surface area contributed by atoms with Gasteiger partial charge in [-0.3, -0.25) is 14.7 Å². The van der Waals surface area contributed by atoms with E-state index in [9.17, 15) is 9.59 Å². The predicted molar refractivity (Wildman–Crippen MR) is 104 cm³/mol. The number of hydrogen-bond acceptors (Lipinski definition) is 7. The molecule has 0 unspecified atom stereocenters. The molecule has 28 heavy (non-hydrogen) atoms. The third-order valence-corrected chi connectivity index (χ3v) is 5.03. The van der Waals surface area contributed by atoms with Crippen molar-refractivity contribution in [2.45, 2.75) is 30.8 Å². The van der Waals surface area contributed by atoms with Gasteiger partial charge in [0, 0.05) is 5.56 Å². The van der Waals surface area contributed by atoms with E-state index in [1.54, 1.807) is 13.2 Å². The van der Waals surface area contributed by atoms with Crippen LogP contribution in [-0.2, 0) is 16.1 Å². The summed E-state index contributed by atoms with van der Waals surface area (Å²) in [5.74, 6) is 0.937. The molecule has 2 amide bonds. The van der Waals surface area contributed by atoms with Gasteiger partial charge >= 0.3 is 6.09 Å². The molecule has 8 nitrogen and oxygen atoms in total. The van der Waals surface area contributed by atoms with E-state index in [2.05, 4.69) is 20.3 Å². The molecule has 0 radical (unpaired) electrons. The Kier molecular flexibility index (Phi) is 6.15. The summed E-state index contributed by atoms with van der Waals surface area (Å²) in [7, 11) is 1.20. The molecule has 3 rings (SSSR count). The normalized spacial score (nSPS) is 11.8. The Morgan fingerprint density at radius 2 is 2.11 bits per heavy atom. The number of methoxy groups -OCH3 is 1. The van der Waals surface area contributed by atoms with Crippen molar-refractivity contribution < 1.29 is 18.7 Å². The molecule has 0 bridgehead atoms. The zero-order chi connectivity index (χ0) is 20.1. The molecule has 146 valence electrons. The minimum atomic E-state index is -0.796. The maximum absolute atomic E-state index is 12.2. The lowest BCUT2D eigenvalue weighted by Gasteiger charge is -2.12. The lowest BCUT2D eigenvalue weighted by molar-refractivity contribution is -0.119. The lowest BCUT2D eigenvalue weighted by Crippen LogP contribution is -2.36. The van der Waals surface area contributed by atoms with Crippen molar-refractivity contribution in [1.29, 1.82) is 0 Å². The molecule has 9 heteroatoms. The number of thioether (sulfide) groups is 1. The number of nitrogens with one attached hydrogen (secondary N) is 1. The first kappa shape index (κ1) is 19.7. The Hall–Kier alpha value is -3.07. The number of furan rings is 1. The molecule has 0 aliphatic carbocycles. The number of benzene rings is 1. The van der Waals surface area contributed by atoms with Crippen LogP contribution in [0.15, 0.2) is 52.2 Å². The van der Waals surface area contributed by atoms with Gasteiger partial charge in [0.05, 0.1) is 25.2 Å². The Bertz CT molecular complexity index is 968. The summed E-state index contributed by atoms with van der Waals surface area (Å²) >= 11 is 1.20. The fraction of sp³-hybridized carbons (Fsp3) is 0.263. The van der Waals surface area contributed by atoms with Crippen LogP contribution in [0.4, 0.5) is 4.79 Å². The van der Waals surface area contributed by atoms with Crippen LogP contribution in [0.3, 0.4) is 0 Å². The average Bonchev–Trinajstić information content (AvgIpc) is 3.32. The molecule has 1 N–H and O–H groups in total. The van der Waals surface area contributed by atoms with Crippen LogP contribution in [0.25, 0.3) is 11.4 Å². The highest BCUT2D eigenvalue weighted by Crippen LogP contribution is 2.28. The lowest BCUT2D eigenvalue weighted by atomic mass is 10.1. The summed E-state index contributed by atoms with van der Waals surface area (Å²) in [6.45, 7) is 4.10. The zero-order valence-electron chi connectivity index (χ0n) is 15.7. The molecular weight excluding hydrogens is 380 g/mol. The standard InChI is InChI=1S/C19H20N4O4S/c1-12-6-4-7-14(10-12)16-21-22-18(23(16)11-15-8-5-9-27-15)28-13(2)17(24)20-19(25)26-3/h4-10,13H,11H2,1-3H3,(H,20,24,25)/t13-/m0/s1. The van der Waals surface area contributed by atoms with Gasteiger partial charge in [0.1, 0.15) is 5.76 Å². The molecule has 2 heterocycles. The molecular formula is C19H20N4O4S. The first-order valence-corrected chi connectivity index (χ1v) is 9.44. The van der Waals surface area contributed by atoms with E-state index in [0.29, 0.717) is 17.5 Å². The molecule has 2 aromatic heterocycles. The second-order valence-electron chi connectivity index (χ2n) is 6.08. The summed E-state index contributed by atoms with van der Waals surface area (Å²) in [5.41, 5.74) is 2.02. The minimum absolute atomic E-state index is 0.414. The van der Waals surface area contributed by atoms with E-state index < -0.39 is 17.3 Å². The third-order valence-electron chi connectivity index (χ3n) is 3.95. The number of aromatic nitrogens is 3. The highest BCUT2D eigenvalue weighted by atomic mass is 32.2. The number of ether oxygens (including phenoxy) is 1. The van der Waals surface area contributed by atoms with Crippen LogP contribution in [-0.4, -0.2) is 39.1 Å². The smallest absolute Gasteiger partial charge is 0.413 e. The van der Waals surface area contributed by atoms with Gasteiger partial charge in [-0.05, 0) is 32.0 Å². The van der Waals surface area contributed by atoms with Crippen molar-refractivity contribution in [3.8, 4) is 11.4 Å². The van der Waals surface area contributed by atoms with E-state index >= 15 is 0 Å². The van der Waals surface area contributed by atoms with E-state index in [0.717, 1.165) is 16.9 Å². The van der Waals surface area contributed by atoms with Crippen molar-refractivity contribution in [2.75, 3.05) is 7.11 Å². The molecule has 1 atom stereocenters. The first-order chi connectivity index (χ1) is 13.5. The van der Waals surface area contributed by atoms with E-state index in [4.69, 9.17) is 4.42 Å². The van der Waals surface area contributed by atoms with Gasteiger partial charge in [0.25, 0.3) is 0 Å². The number of carbonyl (C=O) groups excluding carboxylic acids is 2. The second kappa shape index (κ2) is 8.75. The van der Waals surface area contributed by atoms with Gasteiger partial charge in [0.15, 0.2) is 11.0 Å². The van der Waals surface area contributed by atoms with E-state index in [1.165, 1.54) is 18.9 Å². The third kappa shape index (κ3) is 4.61. The maximum Gasteiger partial charge on any atom is 0.413 e. The SMILES string of the molecule is COC(=O)NC(=O)[C@H](C)Sc1nnc(-c2cccc(C)c2)n1Cc1ccco1. The Morgan fingerprint density at radius 1 is 1.29 bits per heavy atom. The fourth-order valence-electron chi connectivity index (χ4n) is 2.54. The van der Waals surface area contributed by atoms with Crippen molar-refractivity contribution in [3.05, 3.63) is 54.0 Å². The summed E-state index contributed by atoms with van der Waals surface area (Å²) in [5, 5.41) is 10.7. The molecule has 0 spiro atoms. The second-order valence-corrected chi connectivity index (χ2v) is 7.39. The number of imide groups is 1. The summed E-state index contributed by atoms with van der Waals surface area (Å²) in [6, 6.07) is 11.6. The van der Waals surface area contributed by atoms with Crippen molar-refractivity contribution in [2.24, 2.45) is 0 Å². The van der Waals surface area contributed by atoms with Gasteiger partial charge in [0.2, 0.25) is 5.91 Å². The van der Waals surface area contributed by atoms with Gasteiger partial charge in [-0.2, -0.15) is 0 Å². The number of rotatable bonds is 6. The maximum atomic E-state index is 12.2. The number of alkyl carbamates (subject to hydrolysis) is 1. The van der Waals surface area contributed by atoms with Crippen LogP contribution in [0.5, 0.6) is 0 Å². The Balaban J connectivity index is 1.90. The molecule has 3 aromatic rings. The highest BCUT2D eigenvalue weighted by molar-refractivity contribution is 8.00. The highest BCUT2D eigenvalue weighted by Gasteiger charge is 2.23. The summed E-state index contributed by atoms with van der Waals surface area (Å²) in [6.07, 6.45) is 0.806. The van der Waals surface area contributed by atoms with E-state index in [1.807, 2.05) is 47.9 Å². The molecule has 0 saturated heterocycles. The number of aryl methyl sites for hydroxylation is 1. The Labute approximate surface area is 166 Å². The van der Waals surface area contributed by atoms with Crippen molar-refractivity contribution >= 4 is 23.8 Å². The van der Waals surface area contributed by atoms with Gasteiger partial charge < -0.3 is 9.15 Å². The van der Waals surface area contributed by atoms with Crippen LogP contribution >= 0.6 is 11.8 Å². The van der Waals surface area contributed by atoms with Crippen LogP contribution < -0.4 is 5.32 Å². The molecule has 0 fully saturated rings. The van der Waals surface area contributed by atoms with Crippen LogP contribution in [0.1, 0.15) is 18.2 Å². The summed E-state index contributed by atoms with van der Waals surface area (Å²) in [4.78, 5) is 23.4. The molecule has 1 aromatic carbocycles. The quantitative estimate of drug-likeness (QED) is 0.634. The monoisotopic (exact) mass is 400 g/mol. The number of hydrogen-bond donors (Lipinski definition) is 1. The Morgan fingerprint density at radius 3 is 2.79 bits per heavy atom.